The largest absolute Gasteiger partial charge is 0.375 e. The fraction of sp³-hybridized carbons (Fsp3) is 0.300. The van der Waals surface area contributed by atoms with Crippen LogP contribution in [-0.2, 0) is 9.53 Å². The molecule has 0 aromatic heterocycles. The van der Waals surface area contributed by atoms with Crippen molar-refractivity contribution < 1.29 is 14.5 Å². The lowest BCUT2D eigenvalue weighted by atomic mass is 10.2. The Bertz CT molecular complexity index is 462. The van der Waals surface area contributed by atoms with E-state index in [2.05, 4.69) is 10.1 Å². The molecule has 0 aliphatic heterocycles. The second-order valence-electron chi connectivity index (χ2n) is 3.36. The van der Waals surface area contributed by atoms with Crippen LogP contribution in [0.3, 0.4) is 0 Å². The Labute approximate surface area is 103 Å². The topological polar surface area (TPSA) is 81.5 Å². The fourth-order valence-corrected chi connectivity index (χ4v) is 1.49. The standard InChI is InChI=1S/C10H11ClN2O4/c1-6-3-9(13(15)16)7(11)4-8(6)12-10(14)5-17-2/h3-4H,5H2,1-2H3,(H,12,14). The van der Waals surface area contributed by atoms with Gasteiger partial charge in [-0.25, -0.2) is 0 Å². The fourth-order valence-electron chi connectivity index (χ4n) is 1.26. The Hall–Kier alpha value is -1.66. The highest BCUT2D eigenvalue weighted by Crippen LogP contribution is 2.30. The van der Waals surface area contributed by atoms with Gasteiger partial charge in [0, 0.05) is 18.9 Å². The molecule has 1 aromatic rings. The zero-order valence-electron chi connectivity index (χ0n) is 9.32. The number of anilines is 1. The van der Waals surface area contributed by atoms with Crippen LogP contribution in [0.4, 0.5) is 11.4 Å². The third-order valence-corrected chi connectivity index (χ3v) is 2.34. The summed E-state index contributed by atoms with van der Waals surface area (Å²) in [5.74, 6) is -0.347. The number of carbonyl (C=O) groups excluding carboxylic acids is 1. The molecule has 6 nitrogen and oxygen atoms in total. The molecule has 0 spiro atoms. The van der Waals surface area contributed by atoms with Crippen LogP contribution in [0.1, 0.15) is 5.56 Å². The molecular weight excluding hydrogens is 248 g/mol. The minimum atomic E-state index is -0.573. The number of carbonyl (C=O) groups is 1. The molecule has 0 saturated heterocycles. The van der Waals surface area contributed by atoms with Crippen LogP contribution in [0.15, 0.2) is 12.1 Å². The number of nitro groups is 1. The lowest BCUT2D eigenvalue weighted by molar-refractivity contribution is -0.384. The van der Waals surface area contributed by atoms with Crippen LogP contribution in [0.5, 0.6) is 0 Å². The molecular formula is C10H11ClN2O4. The highest BCUT2D eigenvalue weighted by molar-refractivity contribution is 6.33. The number of nitro benzene ring substituents is 1. The van der Waals surface area contributed by atoms with Crippen molar-refractivity contribution in [1.82, 2.24) is 0 Å². The molecule has 92 valence electrons. The SMILES string of the molecule is COCC(=O)Nc1cc(Cl)c([N+](=O)[O-])cc1C. The van der Waals surface area contributed by atoms with Gasteiger partial charge in [-0.3, -0.25) is 14.9 Å². The predicted octanol–water partition coefficient (Wildman–Crippen LogP) is 2.14. The van der Waals surface area contributed by atoms with Gasteiger partial charge in [0.1, 0.15) is 11.6 Å². The summed E-state index contributed by atoms with van der Waals surface area (Å²) in [4.78, 5) is 21.3. The van der Waals surface area contributed by atoms with Crippen LogP contribution < -0.4 is 5.32 Å². The van der Waals surface area contributed by atoms with Gasteiger partial charge < -0.3 is 10.1 Å². The Morgan fingerprint density at radius 1 is 1.59 bits per heavy atom. The highest BCUT2D eigenvalue weighted by Gasteiger charge is 2.15. The number of benzene rings is 1. The summed E-state index contributed by atoms with van der Waals surface area (Å²) in [7, 11) is 1.40. The third kappa shape index (κ3) is 3.40. The van der Waals surface area contributed by atoms with E-state index in [0.717, 1.165) is 0 Å². The second-order valence-corrected chi connectivity index (χ2v) is 3.76. The van der Waals surface area contributed by atoms with E-state index in [-0.39, 0.29) is 23.2 Å². The average Bonchev–Trinajstić information content (AvgIpc) is 2.22. The molecule has 1 aromatic carbocycles. The molecule has 0 unspecified atom stereocenters. The van der Waals surface area contributed by atoms with E-state index >= 15 is 0 Å². The molecule has 0 fully saturated rings. The maximum Gasteiger partial charge on any atom is 0.288 e. The number of nitrogens with one attached hydrogen (secondary N) is 1. The Morgan fingerprint density at radius 3 is 2.76 bits per heavy atom. The van der Waals surface area contributed by atoms with Crippen LogP contribution in [0, 0.1) is 17.0 Å². The van der Waals surface area contributed by atoms with Crippen molar-refractivity contribution in [2.24, 2.45) is 0 Å². The number of hydrogen-bond acceptors (Lipinski definition) is 4. The van der Waals surface area contributed by atoms with E-state index in [0.29, 0.717) is 11.3 Å². The Kier molecular flexibility index (Phi) is 4.42. The van der Waals surface area contributed by atoms with Gasteiger partial charge in [-0.05, 0) is 18.6 Å². The van der Waals surface area contributed by atoms with E-state index in [1.165, 1.54) is 19.2 Å². The summed E-state index contributed by atoms with van der Waals surface area (Å²) in [6, 6.07) is 2.66. The van der Waals surface area contributed by atoms with E-state index in [1.54, 1.807) is 6.92 Å². The number of ether oxygens (including phenoxy) is 1. The maximum absolute atomic E-state index is 11.3. The molecule has 1 amide bonds. The molecule has 0 aliphatic carbocycles. The van der Waals surface area contributed by atoms with E-state index in [4.69, 9.17) is 11.6 Å². The van der Waals surface area contributed by atoms with E-state index in [1.807, 2.05) is 0 Å². The number of methoxy groups -OCH3 is 1. The molecule has 17 heavy (non-hydrogen) atoms. The molecule has 0 aliphatic rings. The van der Waals surface area contributed by atoms with Crippen molar-refractivity contribution in [3.8, 4) is 0 Å². The molecule has 0 atom stereocenters. The summed E-state index contributed by atoms with van der Waals surface area (Å²) in [6.45, 7) is 1.56. The molecule has 0 saturated carbocycles. The van der Waals surface area contributed by atoms with Gasteiger partial charge in [0.05, 0.1) is 4.92 Å². The first-order chi connectivity index (χ1) is 7.95. The minimum absolute atomic E-state index is 0.0201. The quantitative estimate of drug-likeness (QED) is 0.663. The van der Waals surface area contributed by atoms with Crippen LogP contribution in [-0.4, -0.2) is 24.5 Å². The lowest BCUT2D eigenvalue weighted by Gasteiger charge is -2.08. The average molecular weight is 259 g/mol. The van der Waals surface area contributed by atoms with Gasteiger partial charge >= 0.3 is 0 Å². The number of hydrogen-bond donors (Lipinski definition) is 1. The van der Waals surface area contributed by atoms with Crippen LogP contribution in [0.25, 0.3) is 0 Å². The number of nitrogens with zero attached hydrogens (tertiary/aromatic N) is 1. The summed E-state index contributed by atoms with van der Waals surface area (Å²) in [5, 5.41) is 13.2. The Morgan fingerprint density at radius 2 is 2.24 bits per heavy atom. The summed E-state index contributed by atoms with van der Waals surface area (Å²) < 4.78 is 4.65. The van der Waals surface area contributed by atoms with Crippen LogP contribution >= 0.6 is 11.6 Å². The van der Waals surface area contributed by atoms with Gasteiger partial charge in [0.15, 0.2) is 0 Å². The van der Waals surface area contributed by atoms with Crippen molar-refractivity contribution in [3.63, 3.8) is 0 Å². The summed E-state index contributed by atoms with van der Waals surface area (Å²) in [5.41, 5.74) is 0.808. The van der Waals surface area contributed by atoms with Crippen LogP contribution in [0.2, 0.25) is 5.02 Å². The van der Waals surface area contributed by atoms with Crippen molar-refractivity contribution in [2.75, 3.05) is 19.0 Å². The zero-order valence-corrected chi connectivity index (χ0v) is 10.1. The molecule has 1 N–H and O–H groups in total. The number of halogens is 1. The van der Waals surface area contributed by atoms with Gasteiger partial charge in [0.25, 0.3) is 5.69 Å². The van der Waals surface area contributed by atoms with Crippen molar-refractivity contribution in [2.45, 2.75) is 6.92 Å². The Balaban J connectivity index is 2.99. The minimum Gasteiger partial charge on any atom is -0.375 e. The monoisotopic (exact) mass is 258 g/mol. The maximum atomic E-state index is 11.3. The zero-order chi connectivity index (χ0) is 13.0. The normalized spacial score (nSPS) is 10.1. The number of rotatable bonds is 4. The number of amides is 1. The smallest absolute Gasteiger partial charge is 0.288 e. The van der Waals surface area contributed by atoms with E-state index < -0.39 is 4.92 Å². The molecule has 0 heterocycles. The van der Waals surface area contributed by atoms with Gasteiger partial charge in [-0.2, -0.15) is 0 Å². The predicted molar refractivity (Wildman–Crippen MR) is 63.3 cm³/mol. The number of aryl methyl sites for hydroxylation is 1. The van der Waals surface area contributed by atoms with Gasteiger partial charge in [-0.15, -0.1) is 0 Å². The molecule has 0 bridgehead atoms. The molecule has 0 radical (unpaired) electrons. The van der Waals surface area contributed by atoms with Crippen molar-refractivity contribution in [3.05, 3.63) is 32.8 Å². The van der Waals surface area contributed by atoms with Crippen molar-refractivity contribution >= 4 is 28.9 Å². The second kappa shape index (κ2) is 5.60. The first-order valence-corrected chi connectivity index (χ1v) is 5.07. The molecule has 1 rings (SSSR count). The third-order valence-electron chi connectivity index (χ3n) is 2.04. The first kappa shape index (κ1) is 13.4. The lowest BCUT2D eigenvalue weighted by Crippen LogP contribution is -2.17. The van der Waals surface area contributed by atoms with Gasteiger partial charge in [-0.1, -0.05) is 11.6 Å². The van der Waals surface area contributed by atoms with Gasteiger partial charge in [0.2, 0.25) is 5.91 Å². The van der Waals surface area contributed by atoms with Crippen molar-refractivity contribution in [1.29, 1.82) is 0 Å². The van der Waals surface area contributed by atoms with E-state index in [9.17, 15) is 14.9 Å². The molecule has 7 heteroatoms. The highest BCUT2D eigenvalue weighted by atomic mass is 35.5. The summed E-state index contributed by atoms with van der Waals surface area (Å²) >= 11 is 5.73. The first-order valence-electron chi connectivity index (χ1n) is 4.69. The summed E-state index contributed by atoms with van der Waals surface area (Å²) in [6.07, 6.45) is 0.